The van der Waals surface area contributed by atoms with Crippen molar-refractivity contribution in [3.05, 3.63) is 93.0 Å². The van der Waals surface area contributed by atoms with Crippen molar-refractivity contribution < 1.29 is 24.2 Å². The lowest BCUT2D eigenvalue weighted by Crippen LogP contribution is -2.16. The molecule has 0 heterocycles. The lowest BCUT2D eigenvalue weighted by molar-refractivity contribution is -0.112. The van der Waals surface area contributed by atoms with Crippen LogP contribution in [0.3, 0.4) is 0 Å². The van der Waals surface area contributed by atoms with E-state index >= 15 is 0 Å². The zero-order valence-corrected chi connectivity index (χ0v) is 19.4. The highest BCUT2D eigenvalue weighted by Gasteiger charge is 2.17. The van der Waals surface area contributed by atoms with Crippen molar-refractivity contribution in [3.63, 3.8) is 0 Å². The molecule has 1 amide bonds. The van der Waals surface area contributed by atoms with Crippen molar-refractivity contribution in [3.8, 4) is 17.6 Å². The number of rotatable bonds is 8. The summed E-state index contributed by atoms with van der Waals surface area (Å²) in [6, 6.07) is 18.0. The number of hydrogen-bond donors (Lipinski definition) is 2. The Balaban J connectivity index is 1.85. The van der Waals surface area contributed by atoms with Crippen LogP contribution in [0.4, 0.5) is 5.69 Å². The van der Waals surface area contributed by atoms with Gasteiger partial charge in [0.05, 0.1) is 23.4 Å². The van der Waals surface area contributed by atoms with Gasteiger partial charge in [-0.2, -0.15) is 5.26 Å². The van der Waals surface area contributed by atoms with Gasteiger partial charge in [0, 0.05) is 10.6 Å². The number of halogens is 2. The number of anilines is 1. The zero-order valence-electron chi connectivity index (χ0n) is 17.8. The fraction of sp³-hybridized carbons (Fsp3) is 0.0800. The van der Waals surface area contributed by atoms with Crippen LogP contribution in [0.2, 0.25) is 10.0 Å². The Morgan fingerprint density at radius 1 is 1.09 bits per heavy atom. The number of carbonyl (C=O) groups is 2. The second kappa shape index (κ2) is 11.2. The van der Waals surface area contributed by atoms with Crippen molar-refractivity contribution in [1.82, 2.24) is 0 Å². The Kier molecular flexibility index (Phi) is 8.14. The molecule has 0 spiro atoms. The van der Waals surface area contributed by atoms with Crippen LogP contribution < -0.4 is 14.8 Å². The Morgan fingerprint density at radius 2 is 1.79 bits per heavy atom. The molecule has 3 rings (SSSR count). The van der Waals surface area contributed by atoms with Crippen LogP contribution in [-0.2, 0) is 11.4 Å². The third-order valence-electron chi connectivity index (χ3n) is 4.66. The van der Waals surface area contributed by atoms with E-state index in [4.69, 9.17) is 32.7 Å². The molecule has 0 saturated carbocycles. The summed E-state index contributed by atoms with van der Waals surface area (Å²) in [6.45, 7) is 0.153. The highest BCUT2D eigenvalue weighted by atomic mass is 35.5. The zero-order chi connectivity index (χ0) is 24.7. The number of aromatic carboxylic acids is 1. The number of ether oxygens (including phenoxy) is 2. The molecular weight excluding hydrogens is 479 g/mol. The maximum atomic E-state index is 12.6. The first-order valence-corrected chi connectivity index (χ1v) is 10.6. The van der Waals surface area contributed by atoms with Crippen LogP contribution in [0.25, 0.3) is 6.08 Å². The summed E-state index contributed by atoms with van der Waals surface area (Å²) < 4.78 is 11.2. The smallest absolute Gasteiger partial charge is 0.337 e. The van der Waals surface area contributed by atoms with E-state index < -0.39 is 11.9 Å². The van der Waals surface area contributed by atoms with Crippen LogP contribution in [0.15, 0.2) is 66.2 Å². The van der Waals surface area contributed by atoms with E-state index in [1.54, 1.807) is 18.2 Å². The predicted molar refractivity (Wildman–Crippen MR) is 129 cm³/mol. The fourth-order valence-corrected chi connectivity index (χ4v) is 3.48. The van der Waals surface area contributed by atoms with Gasteiger partial charge >= 0.3 is 5.97 Å². The summed E-state index contributed by atoms with van der Waals surface area (Å²) >= 11 is 12.6. The highest BCUT2D eigenvalue weighted by molar-refractivity contribution is 6.32. The lowest BCUT2D eigenvalue weighted by Gasteiger charge is -2.14. The molecule has 7 nitrogen and oxygen atoms in total. The third-order valence-corrected chi connectivity index (χ3v) is 5.31. The first-order chi connectivity index (χ1) is 16.3. The first-order valence-electron chi connectivity index (χ1n) is 9.83. The highest BCUT2D eigenvalue weighted by Crippen LogP contribution is 2.38. The molecule has 3 aromatic carbocycles. The minimum absolute atomic E-state index is 0.0695. The summed E-state index contributed by atoms with van der Waals surface area (Å²) in [7, 11) is 1.43. The van der Waals surface area contributed by atoms with Crippen LogP contribution in [0.5, 0.6) is 11.5 Å². The molecule has 9 heteroatoms. The molecule has 172 valence electrons. The van der Waals surface area contributed by atoms with Gasteiger partial charge in [-0.1, -0.05) is 53.5 Å². The van der Waals surface area contributed by atoms with Crippen molar-refractivity contribution in [2.75, 3.05) is 12.4 Å². The van der Waals surface area contributed by atoms with Crippen LogP contribution in [0.1, 0.15) is 21.5 Å². The number of nitrogens with zero attached hydrogens (tertiary/aromatic N) is 1. The maximum Gasteiger partial charge on any atom is 0.337 e. The van der Waals surface area contributed by atoms with E-state index in [0.717, 1.165) is 5.56 Å². The van der Waals surface area contributed by atoms with E-state index in [9.17, 15) is 20.0 Å². The molecule has 0 aliphatic rings. The Hall–Kier alpha value is -3.99. The quantitative estimate of drug-likeness (QED) is 0.300. The minimum Gasteiger partial charge on any atom is -0.493 e. The molecule has 3 aromatic rings. The van der Waals surface area contributed by atoms with Crippen molar-refractivity contribution in [2.24, 2.45) is 0 Å². The summed E-state index contributed by atoms with van der Waals surface area (Å²) in [5, 5.41) is 22.0. The van der Waals surface area contributed by atoms with Crippen molar-refractivity contribution >= 4 is 46.8 Å². The van der Waals surface area contributed by atoms with E-state index in [0.29, 0.717) is 16.3 Å². The summed E-state index contributed by atoms with van der Waals surface area (Å²) in [4.78, 5) is 24.0. The predicted octanol–water partition coefficient (Wildman–Crippen LogP) is 5.82. The molecule has 0 radical (unpaired) electrons. The molecule has 2 N–H and O–H groups in total. The van der Waals surface area contributed by atoms with Crippen molar-refractivity contribution in [2.45, 2.75) is 6.61 Å². The van der Waals surface area contributed by atoms with Gasteiger partial charge in [-0.25, -0.2) is 4.79 Å². The Bertz CT molecular complexity index is 1310. The average molecular weight is 497 g/mol. The average Bonchev–Trinajstić information content (AvgIpc) is 2.82. The van der Waals surface area contributed by atoms with Crippen molar-refractivity contribution in [1.29, 1.82) is 5.26 Å². The number of methoxy groups -OCH3 is 1. The van der Waals surface area contributed by atoms with Gasteiger partial charge in [0.2, 0.25) is 0 Å². The topological polar surface area (TPSA) is 109 Å². The molecular formula is C25H18Cl2N2O5. The van der Waals surface area contributed by atoms with Crippen LogP contribution in [0, 0.1) is 11.3 Å². The molecule has 0 saturated heterocycles. The van der Waals surface area contributed by atoms with Gasteiger partial charge in [0.1, 0.15) is 18.2 Å². The number of nitrogens with one attached hydrogen (secondary N) is 1. The van der Waals surface area contributed by atoms with Gasteiger partial charge in [-0.15, -0.1) is 0 Å². The molecule has 0 aliphatic heterocycles. The van der Waals surface area contributed by atoms with E-state index in [-0.39, 0.29) is 34.2 Å². The molecule has 34 heavy (non-hydrogen) atoms. The van der Waals surface area contributed by atoms with Gasteiger partial charge in [0.25, 0.3) is 5.91 Å². The molecule has 0 fully saturated rings. The second-order valence-corrected chi connectivity index (χ2v) is 7.70. The number of benzene rings is 3. The Labute approximate surface area is 205 Å². The standard InChI is InChI=1S/C25H18Cl2N2O5/c1-33-22-12-15(11-20(27)23(22)34-14-16-6-2-4-8-19(16)26)10-17(13-28)24(30)29-21-9-5-3-7-18(21)25(31)32/h2-12H,14H2,1H3,(H,29,30)(H,31,32). The molecule has 0 atom stereocenters. The monoisotopic (exact) mass is 496 g/mol. The number of amides is 1. The molecule has 0 bridgehead atoms. The van der Waals surface area contributed by atoms with Gasteiger partial charge in [-0.05, 0) is 42.0 Å². The van der Waals surface area contributed by atoms with Crippen LogP contribution in [-0.4, -0.2) is 24.1 Å². The largest absolute Gasteiger partial charge is 0.493 e. The lowest BCUT2D eigenvalue weighted by atomic mass is 10.1. The third kappa shape index (κ3) is 5.87. The van der Waals surface area contributed by atoms with E-state index in [1.165, 1.54) is 37.5 Å². The second-order valence-electron chi connectivity index (χ2n) is 6.89. The summed E-state index contributed by atoms with van der Waals surface area (Å²) in [5.41, 5.74) is 0.877. The number of carboxylic acid groups (broad SMARTS) is 1. The summed E-state index contributed by atoms with van der Waals surface area (Å²) in [6.07, 6.45) is 1.31. The molecule has 0 aliphatic carbocycles. The van der Waals surface area contributed by atoms with Crippen LogP contribution >= 0.6 is 23.2 Å². The number of carboxylic acids is 1. The minimum atomic E-state index is -1.21. The number of hydrogen-bond acceptors (Lipinski definition) is 5. The van der Waals surface area contributed by atoms with Gasteiger partial charge < -0.3 is 19.9 Å². The first kappa shape index (κ1) is 24.6. The number of nitriles is 1. The summed E-state index contributed by atoms with van der Waals surface area (Å²) in [5.74, 6) is -1.41. The maximum absolute atomic E-state index is 12.6. The van der Waals surface area contributed by atoms with Gasteiger partial charge in [0.15, 0.2) is 11.5 Å². The number of para-hydroxylation sites is 1. The van der Waals surface area contributed by atoms with Gasteiger partial charge in [-0.3, -0.25) is 4.79 Å². The SMILES string of the molecule is COc1cc(C=C(C#N)C(=O)Nc2ccccc2C(=O)O)cc(Cl)c1OCc1ccccc1Cl. The Morgan fingerprint density at radius 3 is 2.47 bits per heavy atom. The molecule has 0 unspecified atom stereocenters. The van der Waals surface area contributed by atoms with E-state index in [2.05, 4.69) is 5.32 Å². The molecule has 0 aromatic heterocycles. The van der Waals surface area contributed by atoms with E-state index in [1.807, 2.05) is 24.3 Å². The normalized spacial score (nSPS) is 10.8. The fourth-order valence-electron chi connectivity index (χ4n) is 3.01. The number of carbonyl (C=O) groups excluding carboxylic acids is 1.